The van der Waals surface area contributed by atoms with Gasteiger partial charge in [-0.1, -0.05) is 109 Å². The van der Waals surface area contributed by atoms with Gasteiger partial charge in [-0.25, -0.2) is 0 Å². The van der Waals surface area contributed by atoms with Gasteiger partial charge in [0.1, 0.15) is 6.04 Å². The van der Waals surface area contributed by atoms with Gasteiger partial charge in [-0.05, 0) is 18.1 Å². The van der Waals surface area contributed by atoms with E-state index < -0.39 is 6.04 Å². The van der Waals surface area contributed by atoms with Crippen LogP contribution in [0.2, 0.25) is 0 Å². The first-order chi connectivity index (χ1) is 15.2. The van der Waals surface area contributed by atoms with E-state index in [4.69, 9.17) is 10.5 Å². The lowest BCUT2D eigenvalue weighted by molar-refractivity contribution is -0.145. The lowest BCUT2D eigenvalue weighted by Crippen LogP contribution is -2.34. The van der Waals surface area contributed by atoms with Gasteiger partial charge in [-0.3, -0.25) is 4.79 Å². The molecule has 1 unspecified atom stereocenters. The van der Waals surface area contributed by atoms with Crippen LogP contribution in [0.5, 0.6) is 0 Å². The summed E-state index contributed by atoms with van der Waals surface area (Å²) >= 11 is 0. The quantitative estimate of drug-likeness (QED) is 0.197. The van der Waals surface area contributed by atoms with E-state index in [0.29, 0.717) is 13.0 Å². The molecular weight excluding hydrogens is 384 g/mol. The molecule has 0 saturated heterocycles. The number of carbonyl (C=O) groups is 1. The van der Waals surface area contributed by atoms with E-state index in [9.17, 15) is 4.79 Å². The van der Waals surface area contributed by atoms with Crippen LogP contribution in [0.4, 0.5) is 0 Å². The molecule has 1 aromatic carbocycles. The third kappa shape index (κ3) is 10.4. The number of unbranched alkanes of at least 4 members (excludes halogenated alkanes) is 13. The molecule has 0 bridgehead atoms. The number of fused-ring (bicyclic) bond motifs is 1. The van der Waals surface area contributed by atoms with Gasteiger partial charge in [0.2, 0.25) is 0 Å². The predicted octanol–water partition coefficient (Wildman–Crippen LogP) is 7.06. The standard InChI is InChI=1S/C27H44N2O2/c1-2-3-4-5-6-7-8-9-10-11-12-13-14-17-20-31-27(30)25(28)21-23-22-29-26-19-16-15-18-24(23)26/h15-16,18-19,22,25,29H,2-14,17,20-21,28H2,1H3. The maximum atomic E-state index is 12.2. The molecule has 3 N–H and O–H groups in total. The molecule has 0 saturated carbocycles. The van der Waals surface area contributed by atoms with Gasteiger partial charge in [0, 0.05) is 23.5 Å². The number of H-pyrrole nitrogens is 1. The Bertz CT molecular complexity index is 725. The van der Waals surface area contributed by atoms with E-state index in [2.05, 4.69) is 11.9 Å². The molecule has 0 aliphatic carbocycles. The number of hydrogen-bond acceptors (Lipinski definition) is 3. The van der Waals surface area contributed by atoms with Crippen molar-refractivity contribution in [1.82, 2.24) is 4.98 Å². The van der Waals surface area contributed by atoms with Crippen molar-refractivity contribution >= 4 is 16.9 Å². The van der Waals surface area contributed by atoms with Gasteiger partial charge in [-0.2, -0.15) is 0 Å². The summed E-state index contributed by atoms with van der Waals surface area (Å²) in [5.41, 5.74) is 8.21. The molecule has 0 spiro atoms. The van der Waals surface area contributed by atoms with Crippen molar-refractivity contribution in [2.45, 2.75) is 109 Å². The molecular formula is C27H44N2O2. The molecule has 1 aromatic heterocycles. The zero-order valence-corrected chi connectivity index (χ0v) is 19.7. The Morgan fingerprint density at radius 1 is 0.871 bits per heavy atom. The number of ether oxygens (including phenoxy) is 1. The Morgan fingerprint density at radius 2 is 1.42 bits per heavy atom. The summed E-state index contributed by atoms with van der Waals surface area (Å²) < 4.78 is 5.40. The highest BCUT2D eigenvalue weighted by Gasteiger charge is 2.17. The minimum absolute atomic E-state index is 0.292. The van der Waals surface area contributed by atoms with Crippen LogP contribution in [0.15, 0.2) is 30.5 Å². The minimum atomic E-state index is -0.606. The molecule has 0 radical (unpaired) electrons. The maximum absolute atomic E-state index is 12.2. The highest BCUT2D eigenvalue weighted by Crippen LogP contribution is 2.19. The summed E-state index contributed by atoms with van der Waals surface area (Å²) in [7, 11) is 0. The molecule has 0 aliphatic rings. The summed E-state index contributed by atoms with van der Waals surface area (Å²) in [5, 5.41) is 1.12. The first kappa shape index (κ1) is 25.5. The number of carbonyl (C=O) groups excluding carboxylic acids is 1. The fraction of sp³-hybridized carbons (Fsp3) is 0.667. The summed E-state index contributed by atoms with van der Waals surface area (Å²) in [6.45, 7) is 2.76. The van der Waals surface area contributed by atoms with Crippen LogP contribution in [0.25, 0.3) is 10.9 Å². The Kier molecular flexibility index (Phi) is 13.1. The number of nitrogens with one attached hydrogen (secondary N) is 1. The monoisotopic (exact) mass is 428 g/mol. The molecule has 0 aliphatic heterocycles. The third-order valence-corrected chi connectivity index (χ3v) is 6.16. The smallest absolute Gasteiger partial charge is 0.323 e. The van der Waals surface area contributed by atoms with Crippen LogP contribution in [0, 0.1) is 0 Å². The van der Waals surface area contributed by atoms with E-state index in [1.54, 1.807) is 0 Å². The van der Waals surface area contributed by atoms with Crippen molar-refractivity contribution in [3.05, 3.63) is 36.0 Å². The Labute approximate surface area is 189 Å². The normalized spacial score (nSPS) is 12.3. The molecule has 2 aromatic rings. The van der Waals surface area contributed by atoms with Crippen LogP contribution in [-0.4, -0.2) is 23.6 Å². The molecule has 1 heterocycles. The van der Waals surface area contributed by atoms with Crippen molar-refractivity contribution < 1.29 is 9.53 Å². The average molecular weight is 429 g/mol. The van der Waals surface area contributed by atoms with Gasteiger partial charge in [0.05, 0.1) is 6.61 Å². The number of para-hydroxylation sites is 1. The number of benzene rings is 1. The summed E-state index contributed by atoms with van der Waals surface area (Å²) in [6.07, 6.45) is 20.9. The summed E-state index contributed by atoms with van der Waals surface area (Å²) in [5.74, 6) is -0.292. The molecule has 2 rings (SSSR count). The third-order valence-electron chi connectivity index (χ3n) is 6.16. The number of aromatic nitrogens is 1. The minimum Gasteiger partial charge on any atom is -0.465 e. The number of nitrogens with two attached hydrogens (primary N) is 1. The van der Waals surface area contributed by atoms with E-state index in [1.807, 2.05) is 30.5 Å². The van der Waals surface area contributed by atoms with E-state index >= 15 is 0 Å². The van der Waals surface area contributed by atoms with E-state index in [0.717, 1.165) is 29.3 Å². The Morgan fingerprint density at radius 3 is 2.03 bits per heavy atom. The second kappa shape index (κ2) is 15.9. The number of hydrogen-bond donors (Lipinski definition) is 2. The average Bonchev–Trinajstić information content (AvgIpc) is 3.19. The van der Waals surface area contributed by atoms with Gasteiger partial charge >= 0.3 is 5.97 Å². The van der Waals surface area contributed by atoms with Gasteiger partial charge < -0.3 is 15.5 Å². The van der Waals surface area contributed by atoms with Crippen molar-refractivity contribution in [2.75, 3.05) is 6.61 Å². The molecule has 174 valence electrons. The summed E-state index contributed by atoms with van der Waals surface area (Å²) in [4.78, 5) is 15.4. The topological polar surface area (TPSA) is 68.1 Å². The Balaban J connectivity index is 1.41. The van der Waals surface area contributed by atoms with Crippen molar-refractivity contribution in [3.8, 4) is 0 Å². The predicted molar refractivity (Wildman–Crippen MR) is 131 cm³/mol. The fourth-order valence-corrected chi connectivity index (χ4v) is 4.20. The van der Waals surface area contributed by atoms with Gasteiger partial charge in [0.25, 0.3) is 0 Å². The van der Waals surface area contributed by atoms with Crippen molar-refractivity contribution in [3.63, 3.8) is 0 Å². The van der Waals surface area contributed by atoms with Crippen LogP contribution < -0.4 is 5.73 Å². The summed E-state index contributed by atoms with van der Waals surface area (Å²) in [6, 6.07) is 7.46. The SMILES string of the molecule is CCCCCCCCCCCCCCCCOC(=O)C(N)Cc1c[nH]c2ccccc12. The zero-order chi connectivity index (χ0) is 22.2. The fourth-order valence-electron chi connectivity index (χ4n) is 4.20. The largest absolute Gasteiger partial charge is 0.465 e. The molecule has 4 nitrogen and oxygen atoms in total. The van der Waals surface area contributed by atoms with E-state index in [-0.39, 0.29) is 5.97 Å². The van der Waals surface area contributed by atoms with Gasteiger partial charge in [0.15, 0.2) is 0 Å². The molecule has 31 heavy (non-hydrogen) atoms. The van der Waals surface area contributed by atoms with Crippen molar-refractivity contribution in [1.29, 1.82) is 0 Å². The molecule has 0 fully saturated rings. The second-order valence-corrected chi connectivity index (χ2v) is 8.93. The van der Waals surface area contributed by atoms with Crippen molar-refractivity contribution in [2.24, 2.45) is 5.73 Å². The second-order valence-electron chi connectivity index (χ2n) is 8.93. The lowest BCUT2D eigenvalue weighted by Gasteiger charge is -2.11. The highest BCUT2D eigenvalue weighted by molar-refractivity contribution is 5.84. The van der Waals surface area contributed by atoms with Gasteiger partial charge in [-0.15, -0.1) is 0 Å². The Hall–Kier alpha value is -1.81. The number of rotatable bonds is 18. The highest BCUT2D eigenvalue weighted by atomic mass is 16.5. The first-order valence-corrected chi connectivity index (χ1v) is 12.7. The molecule has 0 amide bonds. The number of aromatic amines is 1. The maximum Gasteiger partial charge on any atom is 0.323 e. The molecule has 1 atom stereocenters. The van der Waals surface area contributed by atoms with Crippen LogP contribution in [0.3, 0.4) is 0 Å². The first-order valence-electron chi connectivity index (χ1n) is 12.7. The van der Waals surface area contributed by atoms with E-state index in [1.165, 1.54) is 77.0 Å². The number of esters is 1. The zero-order valence-electron chi connectivity index (χ0n) is 19.7. The van der Waals surface area contributed by atoms with Crippen LogP contribution in [0.1, 0.15) is 102 Å². The van der Waals surface area contributed by atoms with Crippen LogP contribution >= 0.6 is 0 Å². The lowest BCUT2D eigenvalue weighted by atomic mass is 10.0. The van der Waals surface area contributed by atoms with Crippen LogP contribution in [-0.2, 0) is 16.0 Å². The molecule has 4 heteroatoms.